The lowest BCUT2D eigenvalue weighted by Crippen LogP contribution is -2.12. The third kappa shape index (κ3) is 4.83. The highest BCUT2D eigenvalue weighted by Crippen LogP contribution is 2.21. The van der Waals surface area contributed by atoms with Gasteiger partial charge < -0.3 is 14.8 Å². The largest absolute Gasteiger partial charge is 0.497 e. The van der Waals surface area contributed by atoms with E-state index in [9.17, 15) is 4.79 Å². The van der Waals surface area contributed by atoms with Crippen LogP contribution in [0, 0.1) is 5.92 Å². The highest BCUT2D eigenvalue weighted by atomic mass is 16.5. The molecule has 4 aromatic rings. The average molecular weight is 416 g/mol. The molecular weight excluding hydrogens is 392 g/mol. The summed E-state index contributed by atoms with van der Waals surface area (Å²) < 4.78 is 10.9. The quantitative estimate of drug-likeness (QED) is 0.472. The molecule has 0 aliphatic carbocycles. The number of carbonyl (C=O) groups is 1. The number of hydrogen-bond acceptors (Lipinski definition) is 5. The van der Waals surface area contributed by atoms with Crippen LogP contribution < -0.4 is 14.8 Å². The van der Waals surface area contributed by atoms with Gasteiger partial charge in [0.2, 0.25) is 0 Å². The smallest absolute Gasteiger partial charge is 0.255 e. The molecule has 4 rings (SSSR count). The minimum Gasteiger partial charge on any atom is -0.497 e. The van der Waals surface area contributed by atoms with Gasteiger partial charge in [-0.25, -0.2) is 0 Å². The molecule has 0 unspecified atom stereocenters. The van der Waals surface area contributed by atoms with Crippen molar-refractivity contribution < 1.29 is 14.3 Å². The number of carbonyl (C=O) groups excluding carboxylic acids is 1. The minimum absolute atomic E-state index is 0.199. The number of methoxy groups -OCH3 is 1. The standard InChI is InChI=1S/C24H24N4O3/c1-16(2)15-31-20-10-7-17(8-11-20)24(29)25-18-9-12-22-23(13-18)27-28(26-22)19-5-4-6-21(14-19)30-3/h4-14,16H,15H2,1-3H3,(H,25,29). The minimum atomic E-state index is -0.199. The number of aromatic nitrogens is 3. The van der Waals surface area contributed by atoms with Gasteiger partial charge in [-0.05, 0) is 60.5 Å². The summed E-state index contributed by atoms with van der Waals surface area (Å²) in [6.45, 7) is 4.82. The van der Waals surface area contributed by atoms with E-state index in [1.165, 1.54) is 0 Å². The zero-order valence-electron chi connectivity index (χ0n) is 17.7. The molecule has 3 aromatic carbocycles. The van der Waals surface area contributed by atoms with Crippen molar-refractivity contribution >= 4 is 22.6 Å². The van der Waals surface area contributed by atoms with E-state index in [1.807, 2.05) is 36.4 Å². The van der Waals surface area contributed by atoms with E-state index >= 15 is 0 Å². The first-order valence-corrected chi connectivity index (χ1v) is 10.1. The van der Waals surface area contributed by atoms with Crippen molar-refractivity contribution in [2.45, 2.75) is 13.8 Å². The molecule has 0 aliphatic rings. The first kappa shape index (κ1) is 20.4. The maximum absolute atomic E-state index is 12.6. The lowest BCUT2D eigenvalue weighted by atomic mass is 10.2. The number of amides is 1. The fourth-order valence-electron chi connectivity index (χ4n) is 3.01. The Morgan fingerprint density at radius 3 is 2.48 bits per heavy atom. The van der Waals surface area contributed by atoms with Crippen molar-refractivity contribution in [1.29, 1.82) is 0 Å². The molecular formula is C24H24N4O3. The first-order chi connectivity index (χ1) is 15.0. The van der Waals surface area contributed by atoms with E-state index in [1.54, 1.807) is 42.2 Å². The molecule has 0 fully saturated rings. The highest BCUT2D eigenvalue weighted by Gasteiger charge is 2.10. The van der Waals surface area contributed by atoms with Gasteiger partial charge in [-0.15, -0.1) is 10.2 Å². The summed E-state index contributed by atoms with van der Waals surface area (Å²) in [5, 5.41) is 11.9. The van der Waals surface area contributed by atoms with Crippen LogP contribution in [0.4, 0.5) is 5.69 Å². The molecule has 0 radical (unpaired) electrons. The maximum atomic E-state index is 12.6. The number of nitrogens with one attached hydrogen (secondary N) is 1. The first-order valence-electron chi connectivity index (χ1n) is 10.1. The molecule has 0 spiro atoms. The highest BCUT2D eigenvalue weighted by molar-refractivity contribution is 6.05. The normalized spacial score (nSPS) is 11.0. The van der Waals surface area contributed by atoms with Gasteiger partial charge in [-0.2, -0.15) is 4.80 Å². The van der Waals surface area contributed by atoms with E-state index in [2.05, 4.69) is 29.4 Å². The number of ether oxygens (including phenoxy) is 2. The summed E-state index contributed by atoms with van der Waals surface area (Å²) in [6, 6.07) is 20.1. The fourth-order valence-corrected chi connectivity index (χ4v) is 3.01. The number of hydrogen-bond donors (Lipinski definition) is 1. The van der Waals surface area contributed by atoms with Gasteiger partial charge in [0.25, 0.3) is 5.91 Å². The van der Waals surface area contributed by atoms with Crippen molar-refractivity contribution in [1.82, 2.24) is 15.0 Å². The Morgan fingerprint density at radius 2 is 1.74 bits per heavy atom. The summed E-state index contributed by atoms with van der Waals surface area (Å²) in [7, 11) is 1.62. The third-order valence-corrected chi connectivity index (χ3v) is 4.62. The Bertz CT molecular complexity index is 1200. The molecule has 158 valence electrons. The third-order valence-electron chi connectivity index (χ3n) is 4.62. The van der Waals surface area contributed by atoms with E-state index in [-0.39, 0.29) is 5.91 Å². The van der Waals surface area contributed by atoms with E-state index in [0.29, 0.717) is 29.3 Å². The molecule has 0 bridgehead atoms. The van der Waals surface area contributed by atoms with Crippen LogP contribution in [0.1, 0.15) is 24.2 Å². The van der Waals surface area contributed by atoms with Crippen molar-refractivity contribution in [2.75, 3.05) is 19.0 Å². The molecule has 1 aromatic heterocycles. The van der Waals surface area contributed by atoms with Crippen LogP contribution in [0.5, 0.6) is 11.5 Å². The van der Waals surface area contributed by atoms with Crippen LogP contribution in [-0.2, 0) is 0 Å². The molecule has 0 aliphatic heterocycles. The van der Waals surface area contributed by atoms with Gasteiger partial charge in [0.1, 0.15) is 22.5 Å². The Balaban J connectivity index is 1.49. The van der Waals surface area contributed by atoms with Gasteiger partial charge in [0.05, 0.1) is 19.4 Å². The van der Waals surface area contributed by atoms with Crippen molar-refractivity contribution in [3.63, 3.8) is 0 Å². The summed E-state index contributed by atoms with van der Waals surface area (Å²) in [5.74, 6) is 1.72. The predicted octanol–water partition coefficient (Wildman–Crippen LogP) is 4.72. The molecule has 7 heteroatoms. The van der Waals surface area contributed by atoms with Crippen molar-refractivity contribution in [3.8, 4) is 17.2 Å². The maximum Gasteiger partial charge on any atom is 0.255 e. The molecule has 0 saturated heterocycles. The van der Waals surface area contributed by atoms with Crippen LogP contribution in [-0.4, -0.2) is 34.6 Å². The van der Waals surface area contributed by atoms with Gasteiger partial charge in [0.15, 0.2) is 0 Å². The van der Waals surface area contributed by atoms with E-state index in [4.69, 9.17) is 9.47 Å². The zero-order chi connectivity index (χ0) is 21.8. The Hall–Kier alpha value is -3.87. The summed E-state index contributed by atoms with van der Waals surface area (Å²) >= 11 is 0. The van der Waals surface area contributed by atoms with Crippen LogP contribution in [0.25, 0.3) is 16.7 Å². The number of benzene rings is 3. The second-order valence-corrected chi connectivity index (χ2v) is 7.58. The van der Waals surface area contributed by atoms with Crippen LogP contribution in [0.2, 0.25) is 0 Å². The Morgan fingerprint density at radius 1 is 0.968 bits per heavy atom. The number of rotatable bonds is 7. The molecule has 0 saturated carbocycles. The van der Waals surface area contributed by atoms with Gasteiger partial charge in [-0.1, -0.05) is 19.9 Å². The summed E-state index contributed by atoms with van der Waals surface area (Å²) in [6.07, 6.45) is 0. The molecule has 1 N–H and O–H groups in total. The molecule has 1 amide bonds. The molecule has 1 heterocycles. The second-order valence-electron chi connectivity index (χ2n) is 7.58. The number of fused-ring (bicyclic) bond motifs is 1. The number of anilines is 1. The monoisotopic (exact) mass is 416 g/mol. The van der Waals surface area contributed by atoms with Crippen molar-refractivity contribution in [3.05, 3.63) is 72.3 Å². The second kappa shape index (κ2) is 8.87. The predicted molar refractivity (Wildman–Crippen MR) is 120 cm³/mol. The fraction of sp³-hybridized carbons (Fsp3) is 0.208. The molecule has 7 nitrogen and oxygen atoms in total. The summed E-state index contributed by atoms with van der Waals surface area (Å²) in [5.41, 5.74) is 3.40. The van der Waals surface area contributed by atoms with Gasteiger partial charge in [-0.3, -0.25) is 4.79 Å². The van der Waals surface area contributed by atoms with Crippen LogP contribution in [0.15, 0.2) is 66.7 Å². The van der Waals surface area contributed by atoms with Crippen LogP contribution >= 0.6 is 0 Å². The van der Waals surface area contributed by atoms with E-state index < -0.39 is 0 Å². The number of nitrogens with zero attached hydrogens (tertiary/aromatic N) is 3. The average Bonchev–Trinajstić information content (AvgIpc) is 3.21. The molecule has 0 atom stereocenters. The van der Waals surface area contributed by atoms with Gasteiger partial charge >= 0.3 is 0 Å². The lowest BCUT2D eigenvalue weighted by Gasteiger charge is -2.09. The van der Waals surface area contributed by atoms with Crippen LogP contribution in [0.3, 0.4) is 0 Å². The van der Waals surface area contributed by atoms with Crippen molar-refractivity contribution in [2.24, 2.45) is 5.92 Å². The topological polar surface area (TPSA) is 78.3 Å². The lowest BCUT2D eigenvalue weighted by molar-refractivity contribution is 0.102. The summed E-state index contributed by atoms with van der Waals surface area (Å²) in [4.78, 5) is 14.2. The van der Waals surface area contributed by atoms with Gasteiger partial charge in [0, 0.05) is 17.3 Å². The Kier molecular flexibility index (Phi) is 5.84. The zero-order valence-corrected chi connectivity index (χ0v) is 17.7. The molecule has 31 heavy (non-hydrogen) atoms. The SMILES string of the molecule is COc1cccc(-n2nc3ccc(NC(=O)c4ccc(OCC(C)C)cc4)cc3n2)c1. The Labute approximate surface area is 180 Å². The van der Waals surface area contributed by atoms with E-state index in [0.717, 1.165) is 22.7 Å².